The van der Waals surface area contributed by atoms with E-state index < -0.39 is 0 Å². The Morgan fingerprint density at radius 3 is 1.26 bits per heavy atom. The summed E-state index contributed by atoms with van der Waals surface area (Å²) in [6.45, 7) is 16.1. The standard InChI is InChI=1S/C41H47N3O2/c1-7-42(8-2)45-37-27-21-31(5)39(29-37)41(40-30-38(28-22-32(40)6)46-43(9-3)10-4)33-23-25-36(26-24-33)44(34-17-13-11-14-18-34)35-19-15-12-16-20-35/h11-30,41H,7-10H2,1-6H3. The van der Waals surface area contributed by atoms with Crippen LogP contribution in [0.4, 0.5) is 17.1 Å². The maximum absolute atomic E-state index is 6.31. The number of hydrogen-bond acceptors (Lipinski definition) is 5. The SMILES string of the molecule is CCN(CC)Oc1ccc(C)c(C(c2ccc(N(c3ccccc3)c3ccccc3)cc2)c2cc(ON(CC)CC)ccc2C)c1. The Morgan fingerprint density at radius 2 is 0.870 bits per heavy atom. The minimum absolute atomic E-state index is 0.0311. The van der Waals surface area contributed by atoms with E-state index in [0.717, 1.165) is 54.7 Å². The van der Waals surface area contributed by atoms with Gasteiger partial charge in [-0.1, -0.05) is 60.7 Å². The summed E-state index contributed by atoms with van der Waals surface area (Å²) in [6.07, 6.45) is 0. The highest BCUT2D eigenvalue weighted by molar-refractivity contribution is 5.76. The van der Waals surface area contributed by atoms with E-state index in [1.807, 2.05) is 10.1 Å². The molecule has 0 aromatic heterocycles. The maximum atomic E-state index is 6.31. The quantitative estimate of drug-likeness (QED) is 0.0918. The van der Waals surface area contributed by atoms with E-state index in [9.17, 15) is 0 Å². The molecule has 5 rings (SSSR count). The normalized spacial score (nSPS) is 11.3. The molecule has 5 heteroatoms. The first-order chi connectivity index (χ1) is 22.4. The van der Waals surface area contributed by atoms with Crippen molar-refractivity contribution >= 4 is 17.1 Å². The zero-order valence-corrected chi connectivity index (χ0v) is 28.1. The van der Waals surface area contributed by atoms with Gasteiger partial charge in [0.2, 0.25) is 0 Å². The monoisotopic (exact) mass is 613 g/mol. The van der Waals surface area contributed by atoms with Gasteiger partial charge in [0.15, 0.2) is 0 Å². The van der Waals surface area contributed by atoms with Crippen molar-refractivity contribution in [1.82, 2.24) is 10.1 Å². The van der Waals surface area contributed by atoms with E-state index in [2.05, 4.69) is 168 Å². The van der Waals surface area contributed by atoms with Crippen molar-refractivity contribution in [2.24, 2.45) is 0 Å². The topological polar surface area (TPSA) is 28.2 Å². The van der Waals surface area contributed by atoms with Crippen LogP contribution < -0.4 is 14.6 Å². The van der Waals surface area contributed by atoms with E-state index in [4.69, 9.17) is 9.68 Å². The van der Waals surface area contributed by atoms with Gasteiger partial charge in [-0.05, 0) is 130 Å². The number of para-hydroxylation sites is 2. The Bertz CT molecular complexity index is 1560. The summed E-state index contributed by atoms with van der Waals surface area (Å²) in [7, 11) is 0. The highest BCUT2D eigenvalue weighted by Gasteiger charge is 2.24. The molecule has 0 bridgehead atoms. The fraction of sp³-hybridized carbons (Fsp3) is 0.268. The number of rotatable bonds is 14. The molecule has 0 radical (unpaired) electrons. The number of hydrogen-bond donors (Lipinski definition) is 0. The molecule has 5 aromatic carbocycles. The molecule has 5 nitrogen and oxygen atoms in total. The van der Waals surface area contributed by atoms with Crippen LogP contribution in [-0.4, -0.2) is 36.3 Å². The molecule has 238 valence electrons. The lowest BCUT2D eigenvalue weighted by Gasteiger charge is -2.28. The fourth-order valence-electron chi connectivity index (χ4n) is 5.92. The Kier molecular flexibility index (Phi) is 11.1. The van der Waals surface area contributed by atoms with Gasteiger partial charge in [0.05, 0.1) is 0 Å². The van der Waals surface area contributed by atoms with Crippen molar-refractivity contribution in [3.63, 3.8) is 0 Å². The predicted octanol–water partition coefficient (Wildman–Crippen LogP) is 10.2. The zero-order valence-electron chi connectivity index (χ0n) is 28.1. The molecule has 0 aliphatic rings. The van der Waals surface area contributed by atoms with Crippen LogP contribution in [0, 0.1) is 13.8 Å². The summed E-state index contributed by atoms with van der Waals surface area (Å²) >= 11 is 0. The smallest absolute Gasteiger partial charge is 0.147 e. The van der Waals surface area contributed by atoms with Gasteiger partial charge in [-0.25, -0.2) is 0 Å². The molecule has 0 N–H and O–H groups in total. The van der Waals surface area contributed by atoms with Crippen molar-refractivity contribution in [2.45, 2.75) is 47.5 Å². The van der Waals surface area contributed by atoms with Crippen LogP contribution in [0.15, 0.2) is 121 Å². The van der Waals surface area contributed by atoms with E-state index in [1.165, 1.54) is 27.8 Å². The van der Waals surface area contributed by atoms with Crippen molar-refractivity contribution < 1.29 is 9.68 Å². The zero-order chi connectivity index (χ0) is 32.5. The van der Waals surface area contributed by atoms with Crippen LogP contribution in [0.1, 0.15) is 61.4 Å². The Hall–Kier alpha value is -4.58. The molecule has 0 saturated heterocycles. The first kappa shape index (κ1) is 32.8. The molecule has 0 heterocycles. The van der Waals surface area contributed by atoms with Crippen LogP contribution in [0.25, 0.3) is 0 Å². The van der Waals surface area contributed by atoms with Gasteiger partial charge in [0.25, 0.3) is 0 Å². The van der Waals surface area contributed by atoms with Crippen LogP contribution in [0.3, 0.4) is 0 Å². The summed E-state index contributed by atoms with van der Waals surface area (Å²) in [6, 6.07) is 43.0. The van der Waals surface area contributed by atoms with Crippen molar-refractivity contribution in [2.75, 3.05) is 31.1 Å². The second-order valence-corrected chi connectivity index (χ2v) is 11.5. The molecule has 0 unspecified atom stereocenters. The van der Waals surface area contributed by atoms with E-state index in [-0.39, 0.29) is 5.92 Å². The predicted molar refractivity (Wildman–Crippen MR) is 192 cm³/mol. The Morgan fingerprint density at radius 1 is 0.478 bits per heavy atom. The van der Waals surface area contributed by atoms with Crippen LogP contribution >= 0.6 is 0 Å². The second-order valence-electron chi connectivity index (χ2n) is 11.5. The molecule has 0 aliphatic carbocycles. The largest absolute Gasteiger partial charge is 0.406 e. The summed E-state index contributed by atoms with van der Waals surface area (Å²) in [5, 5.41) is 3.95. The van der Waals surface area contributed by atoms with Crippen molar-refractivity contribution in [3.8, 4) is 11.5 Å². The van der Waals surface area contributed by atoms with E-state index >= 15 is 0 Å². The lowest BCUT2D eigenvalue weighted by atomic mass is 9.81. The van der Waals surface area contributed by atoms with Gasteiger partial charge in [0, 0.05) is 49.2 Å². The summed E-state index contributed by atoms with van der Waals surface area (Å²) in [5.41, 5.74) is 9.39. The summed E-state index contributed by atoms with van der Waals surface area (Å²) in [4.78, 5) is 14.9. The molecule has 5 aromatic rings. The molecule has 0 amide bonds. The van der Waals surface area contributed by atoms with Crippen molar-refractivity contribution in [3.05, 3.63) is 149 Å². The van der Waals surface area contributed by atoms with E-state index in [0.29, 0.717) is 0 Å². The van der Waals surface area contributed by atoms with Gasteiger partial charge in [-0.3, -0.25) is 0 Å². The lowest BCUT2D eigenvalue weighted by Crippen LogP contribution is -2.27. The third kappa shape index (κ3) is 7.61. The van der Waals surface area contributed by atoms with Gasteiger partial charge in [0.1, 0.15) is 11.5 Å². The third-order valence-electron chi connectivity index (χ3n) is 8.52. The first-order valence-electron chi connectivity index (χ1n) is 16.5. The molecule has 46 heavy (non-hydrogen) atoms. The average molecular weight is 614 g/mol. The van der Waals surface area contributed by atoms with E-state index in [1.54, 1.807) is 0 Å². The molecular weight excluding hydrogens is 566 g/mol. The van der Waals surface area contributed by atoms with Gasteiger partial charge in [-0.15, -0.1) is 10.1 Å². The Labute approximate surface area is 275 Å². The lowest BCUT2D eigenvalue weighted by molar-refractivity contribution is -0.0487. The van der Waals surface area contributed by atoms with Crippen LogP contribution in [0.2, 0.25) is 0 Å². The molecular formula is C41H47N3O2. The summed E-state index contributed by atoms with van der Waals surface area (Å²) < 4.78 is 0. The minimum atomic E-state index is -0.0311. The first-order valence-corrected chi connectivity index (χ1v) is 16.5. The third-order valence-corrected chi connectivity index (χ3v) is 8.52. The number of hydroxylamine groups is 4. The van der Waals surface area contributed by atoms with Gasteiger partial charge in [-0.2, -0.15) is 0 Å². The Balaban J connectivity index is 1.63. The van der Waals surface area contributed by atoms with Gasteiger partial charge >= 0.3 is 0 Å². The number of benzene rings is 5. The highest BCUT2D eigenvalue weighted by atomic mass is 16.7. The fourth-order valence-corrected chi connectivity index (χ4v) is 5.92. The van der Waals surface area contributed by atoms with Gasteiger partial charge < -0.3 is 14.6 Å². The van der Waals surface area contributed by atoms with Crippen LogP contribution in [0.5, 0.6) is 11.5 Å². The number of nitrogens with zero attached hydrogens (tertiary/aromatic N) is 3. The number of anilines is 3. The molecule has 0 aliphatic heterocycles. The highest BCUT2D eigenvalue weighted by Crippen LogP contribution is 2.41. The molecule has 0 saturated carbocycles. The van der Waals surface area contributed by atoms with Crippen molar-refractivity contribution in [1.29, 1.82) is 0 Å². The van der Waals surface area contributed by atoms with Crippen LogP contribution in [-0.2, 0) is 0 Å². The molecule has 0 fully saturated rings. The number of aryl methyl sites for hydroxylation is 2. The average Bonchev–Trinajstić information content (AvgIpc) is 3.10. The minimum Gasteiger partial charge on any atom is -0.406 e. The molecule has 0 atom stereocenters. The molecule has 0 spiro atoms. The maximum Gasteiger partial charge on any atom is 0.147 e. The summed E-state index contributed by atoms with van der Waals surface area (Å²) in [5.74, 6) is 1.66. The second kappa shape index (κ2) is 15.6.